The molecule has 0 heterocycles. The van der Waals surface area contributed by atoms with Gasteiger partial charge in [0, 0.05) is 18.4 Å². The summed E-state index contributed by atoms with van der Waals surface area (Å²) in [5, 5.41) is 2.83. The highest BCUT2D eigenvalue weighted by molar-refractivity contribution is 5.81. The number of carbonyl (C=O) groups is 2. The normalized spacial score (nSPS) is 22.9. The Bertz CT molecular complexity index is 444. The molecule has 1 N–H and O–H groups in total. The van der Waals surface area contributed by atoms with Crippen molar-refractivity contribution in [1.29, 1.82) is 0 Å². The van der Waals surface area contributed by atoms with E-state index >= 15 is 0 Å². The number of hydrogen-bond acceptors (Lipinski definition) is 3. The third-order valence-corrected chi connectivity index (χ3v) is 3.46. The maximum atomic E-state index is 11.7. The van der Waals surface area contributed by atoms with Gasteiger partial charge in [-0.25, -0.2) is 4.79 Å². The van der Waals surface area contributed by atoms with E-state index < -0.39 is 6.09 Å². The zero-order valence-corrected chi connectivity index (χ0v) is 11.1. The molecule has 1 aliphatic rings. The molecule has 2 unspecified atom stereocenters. The summed E-state index contributed by atoms with van der Waals surface area (Å²) in [7, 11) is 0. The standard InChI is InChI=1S/C15H19NO3/c1-11-9-13(7-8-14(11)17)16-15(18)19-10-12-5-3-2-4-6-12/h2-6,11,13H,7-10H2,1H3,(H,16,18). The topological polar surface area (TPSA) is 55.4 Å². The van der Waals surface area contributed by atoms with Crippen LogP contribution in [0.25, 0.3) is 0 Å². The second kappa shape index (κ2) is 6.36. The Morgan fingerprint density at radius 2 is 2.11 bits per heavy atom. The minimum absolute atomic E-state index is 0.0353. The number of ether oxygens (including phenoxy) is 1. The lowest BCUT2D eigenvalue weighted by Gasteiger charge is -2.26. The molecule has 0 radical (unpaired) electrons. The maximum absolute atomic E-state index is 11.7. The summed E-state index contributed by atoms with van der Waals surface area (Å²) in [6.45, 7) is 2.18. The largest absolute Gasteiger partial charge is 0.445 e. The first-order chi connectivity index (χ1) is 9.15. The molecule has 1 aliphatic carbocycles. The average molecular weight is 261 g/mol. The van der Waals surface area contributed by atoms with Crippen molar-refractivity contribution in [3.8, 4) is 0 Å². The van der Waals surface area contributed by atoms with E-state index in [9.17, 15) is 9.59 Å². The number of amides is 1. The Morgan fingerprint density at radius 3 is 2.79 bits per heavy atom. The first-order valence-electron chi connectivity index (χ1n) is 6.65. The third kappa shape index (κ3) is 4.09. The highest BCUT2D eigenvalue weighted by Crippen LogP contribution is 2.20. The van der Waals surface area contributed by atoms with Gasteiger partial charge in [0.15, 0.2) is 0 Å². The molecule has 0 aromatic heterocycles. The van der Waals surface area contributed by atoms with Gasteiger partial charge >= 0.3 is 6.09 Å². The molecule has 2 rings (SSSR count). The summed E-state index contributed by atoms with van der Waals surface area (Å²) in [5.74, 6) is 0.323. The number of nitrogens with one attached hydrogen (secondary N) is 1. The summed E-state index contributed by atoms with van der Waals surface area (Å²) >= 11 is 0. The molecule has 4 heteroatoms. The van der Waals surface area contributed by atoms with Gasteiger partial charge in [-0.1, -0.05) is 37.3 Å². The van der Waals surface area contributed by atoms with Crippen molar-refractivity contribution in [2.24, 2.45) is 5.92 Å². The minimum atomic E-state index is -0.407. The lowest BCUT2D eigenvalue weighted by Crippen LogP contribution is -2.40. The SMILES string of the molecule is CC1CC(NC(=O)OCc2ccccc2)CCC1=O. The summed E-state index contributed by atoms with van der Waals surface area (Å²) in [4.78, 5) is 23.0. The average Bonchev–Trinajstić information content (AvgIpc) is 2.42. The fourth-order valence-corrected chi connectivity index (χ4v) is 2.30. The lowest BCUT2D eigenvalue weighted by atomic mass is 9.86. The molecule has 1 aromatic rings. The van der Waals surface area contributed by atoms with Crippen LogP contribution in [0.4, 0.5) is 4.79 Å². The van der Waals surface area contributed by atoms with E-state index in [1.54, 1.807) is 0 Å². The Balaban J connectivity index is 1.74. The van der Waals surface area contributed by atoms with E-state index in [2.05, 4.69) is 5.32 Å². The predicted octanol–water partition coefficient (Wildman–Crippen LogP) is 2.67. The molecule has 1 saturated carbocycles. The zero-order chi connectivity index (χ0) is 13.7. The van der Waals surface area contributed by atoms with E-state index in [0.717, 1.165) is 5.56 Å². The Morgan fingerprint density at radius 1 is 1.37 bits per heavy atom. The van der Waals surface area contributed by atoms with Crippen molar-refractivity contribution in [1.82, 2.24) is 5.32 Å². The van der Waals surface area contributed by atoms with Crippen LogP contribution in [0.2, 0.25) is 0 Å². The number of hydrogen-bond donors (Lipinski definition) is 1. The molecular weight excluding hydrogens is 242 g/mol. The van der Waals surface area contributed by atoms with E-state index in [1.807, 2.05) is 37.3 Å². The fraction of sp³-hybridized carbons (Fsp3) is 0.467. The summed E-state index contributed by atoms with van der Waals surface area (Å²) < 4.78 is 5.16. The number of Topliss-reactive ketones (excluding diaryl/α,β-unsaturated/α-hetero) is 1. The fourth-order valence-electron chi connectivity index (χ4n) is 2.30. The van der Waals surface area contributed by atoms with Gasteiger partial charge in [0.2, 0.25) is 0 Å². The van der Waals surface area contributed by atoms with Crippen LogP contribution in [0.15, 0.2) is 30.3 Å². The molecule has 0 bridgehead atoms. The molecule has 4 nitrogen and oxygen atoms in total. The van der Waals surface area contributed by atoms with Crippen molar-refractivity contribution in [3.63, 3.8) is 0 Å². The van der Waals surface area contributed by atoms with Gasteiger partial charge in [0.05, 0.1) is 0 Å². The number of alkyl carbamates (subject to hydrolysis) is 1. The highest BCUT2D eigenvalue weighted by atomic mass is 16.5. The summed E-state index contributed by atoms with van der Waals surface area (Å²) in [5.41, 5.74) is 0.963. The number of benzene rings is 1. The quantitative estimate of drug-likeness (QED) is 0.910. The second-order valence-corrected chi connectivity index (χ2v) is 5.04. The number of carbonyl (C=O) groups excluding carboxylic acids is 2. The van der Waals surface area contributed by atoms with Crippen molar-refractivity contribution < 1.29 is 14.3 Å². The minimum Gasteiger partial charge on any atom is -0.445 e. The predicted molar refractivity (Wildman–Crippen MR) is 71.6 cm³/mol. The zero-order valence-electron chi connectivity index (χ0n) is 11.1. The molecule has 2 atom stereocenters. The lowest BCUT2D eigenvalue weighted by molar-refractivity contribution is -0.124. The van der Waals surface area contributed by atoms with Gasteiger partial charge in [-0.2, -0.15) is 0 Å². The van der Waals surface area contributed by atoms with Crippen LogP contribution in [0, 0.1) is 5.92 Å². The van der Waals surface area contributed by atoms with Crippen LogP contribution >= 0.6 is 0 Å². The molecule has 19 heavy (non-hydrogen) atoms. The van der Waals surface area contributed by atoms with Crippen molar-refractivity contribution in [2.75, 3.05) is 0 Å². The molecule has 0 spiro atoms. The van der Waals surface area contributed by atoms with Crippen LogP contribution in [0.3, 0.4) is 0 Å². The molecule has 0 aliphatic heterocycles. The van der Waals surface area contributed by atoms with Crippen LogP contribution in [-0.4, -0.2) is 17.9 Å². The van der Waals surface area contributed by atoms with E-state index in [-0.39, 0.29) is 24.3 Å². The maximum Gasteiger partial charge on any atom is 0.407 e. The van der Waals surface area contributed by atoms with E-state index in [0.29, 0.717) is 19.3 Å². The summed E-state index contributed by atoms with van der Waals surface area (Å²) in [6.07, 6.45) is 1.56. The Kier molecular flexibility index (Phi) is 4.55. The van der Waals surface area contributed by atoms with Gasteiger partial charge in [-0.05, 0) is 18.4 Å². The molecule has 102 valence electrons. The second-order valence-electron chi connectivity index (χ2n) is 5.04. The van der Waals surface area contributed by atoms with Gasteiger partial charge in [-0.3, -0.25) is 4.79 Å². The van der Waals surface area contributed by atoms with Gasteiger partial charge < -0.3 is 10.1 Å². The van der Waals surface area contributed by atoms with E-state index in [4.69, 9.17) is 4.74 Å². The summed E-state index contributed by atoms with van der Waals surface area (Å²) in [6, 6.07) is 9.61. The molecule has 1 amide bonds. The Hall–Kier alpha value is -1.84. The van der Waals surface area contributed by atoms with Crippen LogP contribution in [-0.2, 0) is 16.1 Å². The Labute approximate surface area is 113 Å². The molecule has 1 aromatic carbocycles. The first kappa shape index (κ1) is 13.6. The molecular formula is C15H19NO3. The number of ketones is 1. The third-order valence-electron chi connectivity index (χ3n) is 3.46. The monoisotopic (exact) mass is 261 g/mol. The van der Waals surface area contributed by atoms with Crippen molar-refractivity contribution >= 4 is 11.9 Å². The molecule has 0 saturated heterocycles. The smallest absolute Gasteiger partial charge is 0.407 e. The van der Waals surface area contributed by atoms with E-state index in [1.165, 1.54) is 0 Å². The number of rotatable bonds is 3. The van der Waals surface area contributed by atoms with Crippen molar-refractivity contribution in [3.05, 3.63) is 35.9 Å². The molecule has 1 fully saturated rings. The van der Waals surface area contributed by atoms with Crippen molar-refractivity contribution in [2.45, 2.75) is 38.8 Å². The highest BCUT2D eigenvalue weighted by Gasteiger charge is 2.26. The van der Waals surface area contributed by atoms with Gasteiger partial charge in [-0.15, -0.1) is 0 Å². The van der Waals surface area contributed by atoms with Gasteiger partial charge in [0.1, 0.15) is 12.4 Å². The van der Waals surface area contributed by atoms with Crippen LogP contribution < -0.4 is 5.32 Å². The van der Waals surface area contributed by atoms with Crippen LogP contribution in [0.1, 0.15) is 31.7 Å². The first-order valence-corrected chi connectivity index (χ1v) is 6.65. The van der Waals surface area contributed by atoms with Gasteiger partial charge in [0.25, 0.3) is 0 Å². The van der Waals surface area contributed by atoms with Crippen LogP contribution in [0.5, 0.6) is 0 Å².